The average molecular weight is 309 g/mol. The summed E-state index contributed by atoms with van der Waals surface area (Å²) in [5.41, 5.74) is 3.55. The van der Waals surface area contributed by atoms with Crippen LogP contribution in [0.25, 0.3) is 0 Å². The van der Waals surface area contributed by atoms with E-state index in [2.05, 4.69) is 61.0 Å². The van der Waals surface area contributed by atoms with Crippen molar-refractivity contribution in [3.63, 3.8) is 0 Å². The Morgan fingerprint density at radius 1 is 1.22 bits per heavy atom. The number of halogens is 1. The van der Waals surface area contributed by atoms with Crippen molar-refractivity contribution in [3.8, 4) is 0 Å². The monoisotopic (exact) mass is 308 g/mol. The van der Waals surface area contributed by atoms with E-state index >= 15 is 0 Å². The lowest BCUT2D eigenvalue weighted by Crippen LogP contribution is -2.21. The molecule has 0 aliphatic heterocycles. The van der Waals surface area contributed by atoms with Crippen molar-refractivity contribution in [2.24, 2.45) is 5.41 Å². The van der Waals surface area contributed by atoms with Crippen LogP contribution in [0.1, 0.15) is 63.5 Å². The molecular formula is C17H25Br. The van der Waals surface area contributed by atoms with Gasteiger partial charge in [0.1, 0.15) is 0 Å². The van der Waals surface area contributed by atoms with Gasteiger partial charge in [-0.1, -0.05) is 67.4 Å². The summed E-state index contributed by atoms with van der Waals surface area (Å²) in [6, 6.07) is 9.07. The molecule has 1 unspecified atom stereocenters. The molecule has 0 bridgehead atoms. The lowest BCUT2D eigenvalue weighted by Gasteiger charge is -2.29. The van der Waals surface area contributed by atoms with Crippen LogP contribution in [0, 0.1) is 5.41 Å². The predicted molar refractivity (Wildman–Crippen MR) is 83.5 cm³/mol. The van der Waals surface area contributed by atoms with Crippen LogP contribution in [0.3, 0.4) is 0 Å². The Labute approximate surface area is 120 Å². The molecule has 0 amide bonds. The molecule has 1 aliphatic carbocycles. The maximum absolute atomic E-state index is 3.85. The first-order valence-electron chi connectivity index (χ1n) is 7.20. The molecule has 1 aliphatic rings. The lowest BCUT2D eigenvalue weighted by atomic mass is 9.77. The van der Waals surface area contributed by atoms with Crippen LogP contribution in [-0.4, -0.2) is 4.83 Å². The third-order valence-corrected chi connectivity index (χ3v) is 6.04. The molecule has 0 heterocycles. The molecule has 1 saturated carbocycles. The van der Waals surface area contributed by atoms with Crippen molar-refractivity contribution in [1.29, 1.82) is 0 Å². The Balaban J connectivity index is 2.00. The Morgan fingerprint density at radius 2 is 1.89 bits per heavy atom. The maximum Gasteiger partial charge on any atom is 0.0197 e. The Morgan fingerprint density at radius 3 is 2.44 bits per heavy atom. The molecule has 1 aromatic carbocycles. The van der Waals surface area contributed by atoms with Crippen LogP contribution in [-0.2, 0) is 6.42 Å². The van der Waals surface area contributed by atoms with Gasteiger partial charge in [0.2, 0.25) is 0 Å². The van der Waals surface area contributed by atoms with E-state index in [1.54, 1.807) is 11.1 Å². The number of hydrogen-bond acceptors (Lipinski definition) is 0. The van der Waals surface area contributed by atoms with Crippen molar-refractivity contribution in [2.75, 3.05) is 0 Å². The first-order chi connectivity index (χ1) is 8.48. The molecule has 0 N–H and O–H groups in total. The average Bonchev–Trinajstić information content (AvgIpc) is 2.24. The van der Waals surface area contributed by atoms with Gasteiger partial charge >= 0.3 is 0 Å². The third-order valence-electron chi connectivity index (χ3n) is 4.21. The van der Waals surface area contributed by atoms with E-state index in [1.807, 2.05) is 0 Å². The highest BCUT2D eigenvalue weighted by molar-refractivity contribution is 9.09. The van der Waals surface area contributed by atoms with E-state index in [4.69, 9.17) is 0 Å². The van der Waals surface area contributed by atoms with Crippen LogP contribution < -0.4 is 0 Å². The fraction of sp³-hybridized carbons (Fsp3) is 0.647. The van der Waals surface area contributed by atoms with Gasteiger partial charge in [-0.05, 0) is 48.1 Å². The summed E-state index contributed by atoms with van der Waals surface area (Å²) in [5, 5.41) is 0. The summed E-state index contributed by atoms with van der Waals surface area (Å²) < 4.78 is 0. The van der Waals surface area contributed by atoms with Gasteiger partial charge in [0, 0.05) is 4.83 Å². The van der Waals surface area contributed by atoms with Crippen molar-refractivity contribution >= 4 is 15.9 Å². The van der Waals surface area contributed by atoms with Gasteiger partial charge in [-0.25, -0.2) is 0 Å². The highest BCUT2D eigenvalue weighted by Crippen LogP contribution is 2.39. The van der Waals surface area contributed by atoms with Gasteiger partial charge in [-0.3, -0.25) is 0 Å². The molecule has 1 aromatic rings. The van der Waals surface area contributed by atoms with Crippen LogP contribution in [0.2, 0.25) is 0 Å². The first-order valence-corrected chi connectivity index (χ1v) is 8.12. The molecular weight excluding hydrogens is 284 g/mol. The smallest absolute Gasteiger partial charge is 0.0197 e. The normalized spacial score (nSPS) is 18.4. The van der Waals surface area contributed by atoms with Crippen LogP contribution in [0.5, 0.6) is 0 Å². The van der Waals surface area contributed by atoms with E-state index in [-0.39, 0.29) is 0 Å². The van der Waals surface area contributed by atoms with Gasteiger partial charge in [0.25, 0.3) is 0 Å². The third kappa shape index (κ3) is 3.38. The fourth-order valence-corrected chi connectivity index (χ4v) is 2.82. The van der Waals surface area contributed by atoms with Gasteiger partial charge in [0.15, 0.2) is 0 Å². The summed E-state index contributed by atoms with van der Waals surface area (Å²) in [6.07, 6.45) is 6.65. The van der Waals surface area contributed by atoms with Gasteiger partial charge in [-0.2, -0.15) is 0 Å². The minimum Gasteiger partial charge on any atom is -0.0885 e. The highest BCUT2D eigenvalue weighted by atomic mass is 79.9. The zero-order chi connectivity index (χ0) is 13.2. The van der Waals surface area contributed by atoms with Crippen LogP contribution >= 0.6 is 15.9 Å². The second-order valence-electron chi connectivity index (χ2n) is 6.70. The standard InChI is InChI=1S/C17H25Br/c1-17(2,3)16(18)12-11-14-7-4-5-10-15(14)13-8-6-9-13/h4-5,7,10,13,16H,6,8-9,11-12H2,1-3H3. The molecule has 18 heavy (non-hydrogen) atoms. The van der Waals surface area contributed by atoms with E-state index in [9.17, 15) is 0 Å². The summed E-state index contributed by atoms with van der Waals surface area (Å²) in [4.78, 5) is 0.597. The predicted octanol–water partition coefficient (Wildman–Crippen LogP) is 5.70. The van der Waals surface area contributed by atoms with Crippen LogP contribution in [0.15, 0.2) is 24.3 Å². The number of alkyl halides is 1. The molecule has 0 nitrogen and oxygen atoms in total. The minimum absolute atomic E-state index is 0.353. The Hall–Kier alpha value is -0.300. The summed E-state index contributed by atoms with van der Waals surface area (Å²) in [6.45, 7) is 6.93. The molecule has 100 valence electrons. The van der Waals surface area contributed by atoms with E-state index in [1.165, 1.54) is 32.1 Å². The van der Waals surface area contributed by atoms with Crippen molar-refractivity contribution < 1.29 is 0 Å². The van der Waals surface area contributed by atoms with Crippen molar-refractivity contribution in [3.05, 3.63) is 35.4 Å². The Kier molecular flexibility index (Phi) is 4.53. The van der Waals surface area contributed by atoms with Crippen molar-refractivity contribution in [2.45, 2.75) is 63.6 Å². The van der Waals surface area contributed by atoms with Gasteiger partial charge in [-0.15, -0.1) is 0 Å². The summed E-state index contributed by atoms with van der Waals surface area (Å²) in [5.74, 6) is 0.851. The van der Waals surface area contributed by atoms with Gasteiger partial charge < -0.3 is 0 Å². The maximum atomic E-state index is 3.85. The number of benzene rings is 1. The second-order valence-corrected chi connectivity index (χ2v) is 7.80. The molecule has 0 saturated heterocycles. The number of hydrogen-bond donors (Lipinski definition) is 0. The first kappa shape index (κ1) is 14.1. The second kappa shape index (κ2) is 5.77. The minimum atomic E-state index is 0.353. The van der Waals surface area contributed by atoms with E-state index < -0.39 is 0 Å². The summed E-state index contributed by atoms with van der Waals surface area (Å²) in [7, 11) is 0. The SMILES string of the molecule is CC(C)(C)C(Br)CCc1ccccc1C1CCC1. The Bertz CT molecular complexity index is 385. The van der Waals surface area contributed by atoms with Gasteiger partial charge in [0.05, 0.1) is 0 Å². The van der Waals surface area contributed by atoms with E-state index in [0.29, 0.717) is 10.2 Å². The van der Waals surface area contributed by atoms with E-state index in [0.717, 1.165) is 5.92 Å². The lowest BCUT2D eigenvalue weighted by molar-refractivity contribution is 0.383. The largest absolute Gasteiger partial charge is 0.0885 e. The quantitative estimate of drug-likeness (QED) is 0.626. The molecule has 1 heteroatoms. The topological polar surface area (TPSA) is 0 Å². The molecule has 0 radical (unpaired) electrons. The fourth-order valence-electron chi connectivity index (χ4n) is 2.59. The molecule has 1 fully saturated rings. The molecule has 1 atom stereocenters. The molecule has 0 aromatic heterocycles. The zero-order valence-corrected chi connectivity index (χ0v) is 13.5. The number of rotatable bonds is 4. The highest BCUT2D eigenvalue weighted by Gasteiger charge is 2.24. The molecule has 0 spiro atoms. The van der Waals surface area contributed by atoms with Crippen molar-refractivity contribution in [1.82, 2.24) is 0 Å². The molecule has 2 rings (SSSR count). The van der Waals surface area contributed by atoms with Crippen LogP contribution in [0.4, 0.5) is 0 Å². The summed E-state index contributed by atoms with van der Waals surface area (Å²) >= 11 is 3.85. The number of aryl methyl sites for hydroxylation is 1. The zero-order valence-electron chi connectivity index (χ0n) is 11.9.